The van der Waals surface area contributed by atoms with Crippen LogP contribution in [0.4, 0.5) is 14.5 Å². The zero-order valence-electron chi connectivity index (χ0n) is 11.1. The van der Waals surface area contributed by atoms with E-state index in [1.54, 1.807) is 0 Å². The smallest absolute Gasteiger partial charge is 0.338 e. The van der Waals surface area contributed by atoms with Crippen LogP contribution < -0.4 is 4.90 Å². The van der Waals surface area contributed by atoms with Gasteiger partial charge in [-0.25, -0.2) is 13.6 Å². The van der Waals surface area contributed by atoms with E-state index in [4.69, 9.17) is 0 Å². The molecule has 5 rings (SSSR count). The third-order valence-electron chi connectivity index (χ3n) is 4.44. The number of nitrogens with zero attached hydrogens (tertiary/aromatic N) is 2. The molecule has 2 aromatic rings. The number of aromatic carboxylic acids is 1. The number of hydrogen-bond donors (Lipinski definition) is 1. The van der Waals surface area contributed by atoms with Gasteiger partial charge in [0.15, 0.2) is 11.6 Å². The summed E-state index contributed by atoms with van der Waals surface area (Å²) in [7, 11) is 0. The molecule has 1 aromatic heterocycles. The zero-order valence-corrected chi connectivity index (χ0v) is 11.1. The maximum atomic E-state index is 13.5. The fourth-order valence-corrected chi connectivity index (χ4v) is 3.47. The minimum Gasteiger partial charge on any atom is -0.478 e. The van der Waals surface area contributed by atoms with Crippen molar-refractivity contribution in [1.82, 2.24) is 4.98 Å². The van der Waals surface area contributed by atoms with Crippen LogP contribution in [0.25, 0.3) is 10.9 Å². The predicted octanol–water partition coefficient (Wildman–Crippen LogP) is 2.91. The highest BCUT2D eigenvalue weighted by atomic mass is 19.2. The van der Waals surface area contributed by atoms with Crippen molar-refractivity contribution in [3.05, 3.63) is 35.0 Å². The summed E-state index contributed by atoms with van der Waals surface area (Å²) in [5, 5.41) is 9.72. The first-order valence-electron chi connectivity index (χ1n) is 6.87. The molecule has 1 aromatic carbocycles. The van der Waals surface area contributed by atoms with Gasteiger partial charge in [0.2, 0.25) is 0 Å². The lowest BCUT2D eigenvalue weighted by atomic mass is 9.84. The molecule has 0 atom stereocenters. The van der Waals surface area contributed by atoms with Gasteiger partial charge < -0.3 is 10.0 Å². The quantitative estimate of drug-likeness (QED) is 0.877. The Kier molecular flexibility index (Phi) is 2.46. The molecule has 0 amide bonds. The van der Waals surface area contributed by atoms with Gasteiger partial charge in [0.05, 0.1) is 22.5 Å². The van der Waals surface area contributed by atoms with Crippen LogP contribution in [0.1, 0.15) is 34.8 Å². The van der Waals surface area contributed by atoms with Crippen LogP contribution in [-0.4, -0.2) is 29.1 Å². The highest BCUT2D eigenvalue weighted by Crippen LogP contribution is 2.45. The van der Waals surface area contributed by atoms with E-state index in [2.05, 4.69) is 4.98 Å². The number of pyridine rings is 1. The summed E-state index contributed by atoms with van der Waals surface area (Å²) < 4.78 is 26.9. The molecule has 1 N–H and O–H groups in total. The molecule has 0 spiro atoms. The fraction of sp³-hybridized carbons (Fsp3) is 0.333. The molecule has 108 valence electrons. The number of rotatable bonds is 1. The summed E-state index contributed by atoms with van der Waals surface area (Å²) in [6.45, 7) is 1.57. The van der Waals surface area contributed by atoms with E-state index in [0.717, 1.165) is 38.1 Å². The Hall–Kier alpha value is -2.24. The molecule has 0 saturated carbocycles. The van der Waals surface area contributed by atoms with Crippen LogP contribution in [0.15, 0.2) is 12.1 Å². The second-order valence-electron chi connectivity index (χ2n) is 5.57. The molecule has 2 bridgehead atoms. The minimum atomic E-state index is -1.13. The number of carboxylic acid groups (broad SMARTS) is 1. The standard InChI is InChI=1S/C15H12F2N2O2/c16-9-5-8-11(6-10(9)17)18-13-7-1-3-19(4-2-7)14(13)12(8)15(20)21/h5-7H,1-4H2,(H,20,21). The van der Waals surface area contributed by atoms with Crippen molar-refractivity contribution in [2.24, 2.45) is 0 Å². The van der Waals surface area contributed by atoms with E-state index in [1.807, 2.05) is 4.90 Å². The van der Waals surface area contributed by atoms with Crippen molar-refractivity contribution < 1.29 is 18.7 Å². The molecule has 0 unspecified atom stereocenters. The molecular weight excluding hydrogens is 278 g/mol. The van der Waals surface area contributed by atoms with Crippen LogP contribution in [0.3, 0.4) is 0 Å². The summed E-state index contributed by atoms with van der Waals surface area (Å²) in [4.78, 5) is 18.1. The van der Waals surface area contributed by atoms with Gasteiger partial charge in [-0.15, -0.1) is 0 Å². The van der Waals surface area contributed by atoms with Gasteiger partial charge in [0, 0.05) is 30.5 Å². The van der Waals surface area contributed by atoms with E-state index in [9.17, 15) is 18.7 Å². The third-order valence-corrected chi connectivity index (χ3v) is 4.44. The maximum absolute atomic E-state index is 13.5. The van der Waals surface area contributed by atoms with Gasteiger partial charge in [-0.05, 0) is 18.9 Å². The summed E-state index contributed by atoms with van der Waals surface area (Å²) in [6, 6.07) is 1.92. The number of benzene rings is 1. The van der Waals surface area contributed by atoms with Gasteiger partial charge in [-0.1, -0.05) is 0 Å². The van der Waals surface area contributed by atoms with E-state index in [0.29, 0.717) is 11.4 Å². The Labute approximate surface area is 119 Å². The largest absolute Gasteiger partial charge is 0.478 e. The van der Waals surface area contributed by atoms with E-state index in [1.165, 1.54) is 0 Å². The Bertz CT molecular complexity index is 783. The summed E-state index contributed by atoms with van der Waals surface area (Å²) in [6.07, 6.45) is 1.85. The van der Waals surface area contributed by atoms with Gasteiger partial charge in [0.1, 0.15) is 0 Å². The lowest BCUT2D eigenvalue weighted by Gasteiger charge is -2.42. The van der Waals surface area contributed by atoms with Crippen LogP contribution in [0, 0.1) is 11.6 Å². The monoisotopic (exact) mass is 290 g/mol. The van der Waals surface area contributed by atoms with Crippen molar-refractivity contribution in [3.63, 3.8) is 0 Å². The van der Waals surface area contributed by atoms with Gasteiger partial charge >= 0.3 is 5.97 Å². The highest BCUT2D eigenvalue weighted by molar-refractivity contribution is 6.08. The van der Waals surface area contributed by atoms with Crippen molar-refractivity contribution in [2.75, 3.05) is 18.0 Å². The topological polar surface area (TPSA) is 53.4 Å². The molecule has 0 aliphatic carbocycles. The Balaban J connectivity index is 2.14. The minimum absolute atomic E-state index is 0.0401. The molecule has 0 radical (unpaired) electrons. The number of carbonyl (C=O) groups is 1. The SMILES string of the molecule is O=C(O)c1c2c(nc3cc(F)c(F)cc13)C1CCN2CC1. The summed E-state index contributed by atoms with van der Waals surface area (Å²) in [5.41, 5.74) is 1.55. The first-order chi connectivity index (χ1) is 10.1. The molecule has 1 saturated heterocycles. The van der Waals surface area contributed by atoms with Crippen molar-refractivity contribution >= 4 is 22.6 Å². The third kappa shape index (κ3) is 1.65. The highest BCUT2D eigenvalue weighted by Gasteiger charge is 2.36. The van der Waals surface area contributed by atoms with Crippen LogP contribution >= 0.6 is 0 Å². The van der Waals surface area contributed by atoms with Crippen LogP contribution in [0.2, 0.25) is 0 Å². The Morgan fingerprint density at radius 3 is 2.57 bits per heavy atom. The second-order valence-corrected chi connectivity index (χ2v) is 5.57. The van der Waals surface area contributed by atoms with Gasteiger partial charge in [-0.2, -0.15) is 0 Å². The van der Waals surface area contributed by atoms with Crippen LogP contribution in [-0.2, 0) is 0 Å². The molecule has 4 nitrogen and oxygen atoms in total. The van der Waals surface area contributed by atoms with Gasteiger partial charge in [0.25, 0.3) is 0 Å². The second kappa shape index (κ2) is 4.13. The normalized spacial score (nSPS) is 17.3. The predicted molar refractivity (Wildman–Crippen MR) is 72.8 cm³/mol. The average Bonchev–Trinajstić information content (AvgIpc) is 2.47. The zero-order chi connectivity index (χ0) is 14.7. The first-order valence-corrected chi connectivity index (χ1v) is 6.87. The molecule has 4 heterocycles. The number of carboxylic acids is 1. The molecule has 21 heavy (non-hydrogen) atoms. The average molecular weight is 290 g/mol. The van der Waals surface area contributed by atoms with E-state index < -0.39 is 17.6 Å². The number of halogens is 2. The Morgan fingerprint density at radius 1 is 1.24 bits per heavy atom. The lowest BCUT2D eigenvalue weighted by molar-refractivity contribution is 0.0699. The first kappa shape index (κ1) is 12.5. The number of fused-ring (bicyclic) bond motifs is 3. The Morgan fingerprint density at radius 2 is 1.90 bits per heavy atom. The number of anilines is 1. The fourth-order valence-electron chi connectivity index (χ4n) is 3.47. The summed E-state index contributed by atoms with van der Waals surface area (Å²) >= 11 is 0. The summed E-state index contributed by atoms with van der Waals surface area (Å²) in [5.74, 6) is -2.98. The van der Waals surface area contributed by atoms with Gasteiger partial charge in [-0.3, -0.25) is 4.98 Å². The number of piperidine rings is 1. The molecular formula is C15H12F2N2O2. The molecule has 3 aliphatic rings. The van der Waals surface area contributed by atoms with Crippen molar-refractivity contribution in [2.45, 2.75) is 18.8 Å². The van der Waals surface area contributed by atoms with Crippen molar-refractivity contribution in [1.29, 1.82) is 0 Å². The van der Waals surface area contributed by atoms with E-state index in [-0.39, 0.29) is 22.4 Å². The molecule has 1 fully saturated rings. The number of hydrogen-bond acceptors (Lipinski definition) is 3. The molecule has 3 aliphatic heterocycles. The maximum Gasteiger partial charge on any atom is 0.338 e. The van der Waals surface area contributed by atoms with Crippen LogP contribution in [0.5, 0.6) is 0 Å². The molecule has 6 heteroatoms. The van der Waals surface area contributed by atoms with E-state index >= 15 is 0 Å². The number of aromatic nitrogens is 1. The van der Waals surface area contributed by atoms with Crippen molar-refractivity contribution in [3.8, 4) is 0 Å². The lowest BCUT2D eigenvalue weighted by Crippen LogP contribution is -2.40.